The number of benzene rings is 1. The Kier molecular flexibility index (Phi) is 2.81. The number of anilines is 2. The molecule has 0 aliphatic carbocycles. The van der Waals surface area contributed by atoms with Gasteiger partial charge in [-0.25, -0.2) is 4.39 Å². The minimum Gasteiger partial charge on any atom is -0.372 e. The van der Waals surface area contributed by atoms with Crippen LogP contribution in [0.4, 0.5) is 15.8 Å². The lowest BCUT2D eigenvalue weighted by Gasteiger charge is -2.26. The Labute approximate surface area is 101 Å². The smallest absolute Gasteiger partial charge is 0.246 e. The molecule has 1 heterocycles. The van der Waals surface area contributed by atoms with Gasteiger partial charge in [0.1, 0.15) is 11.9 Å². The van der Waals surface area contributed by atoms with Crippen LogP contribution in [0.5, 0.6) is 0 Å². The summed E-state index contributed by atoms with van der Waals surface area (Å²) < 4.78 is 13.8. The minimum atomic E-state index is -0.271. The summed E-state index contributed by atoms with van der Waals surface area (Å²) in [7, 11) is 0. The Morgan fingerprint density at radius 2 is 2.20 bits per heavy atom. The van der Waals surface area contributed by atoms with Gasteiger partial charge in [0.2, 0.25) is 5.91 Å². The quantitative estimate of drug-likeness (QED) is 0.781. The molecule has 1 aliphatic rings. The summed E-state index contributed by atoms with van der Waals surface area (Å²) in [5.74, 6) is -0.333. The van der Waals surface area contributed by atoms with Crippen LogP contribution >= 0.6 is 22.6 Å². The zero-order chi connectivity index (χ0) is 11.0. The summed E-state index contributed by atoms with van der Waals surface area (Å²) in [6, 6.07) is 2.78. The summed E-state index contributed by atoms with van der Waals surface area (Å²) in [6.45, 7) is 1.91. The minimum absolute atomic E-state index is 0.0626. The molecule has 1 unspecified atom stereocenters. The molecule has 0 saturated heterocycles. The van der Waals surface area contributed by atoms with E-state index in [-0.39, 0.29) is 17.8 Å². The molecule has 0 saturated carbocycles. The van der Waals surface area contributed by atoms with Crippen molar-refractivity contribution in [1.29, 1.82) is 0 Å². The fourth-order valence-electron chi connectivity index (χ4n) is 1.53. The van der Waals surface area contributed by atoms with E-state index >= 15 is 0 Å². The first-order chi connectivity index (χ1) is 7.11. The highest BCUT2D eigenvalue weighted by molar-refractivity contribution is 14.1. The van der Waals surface area contributed by atoms with Crippen LogP contribution in [-0.4, -0.2) is 11.9 Å². The molecule has 1 aromatic carbocycles. The van der Waals surface area contributed by atoms with Gasteiger partial charge in [-0.1, -0.05) is 6.92 Å². The summed E-state index contributed by atoms with van der Waals surface area (Å²) in [6.07, 6.45) is 0.679. The fourth-order valence-corrected chi connectivity index (χ4v) is 2.00. The molecule has 2 N–H and O–H groups in total. The third-order valence-electron chi connectivity index (χ3n) is 2.37. The molecule has 1 atom stereocenters. The standard InChI is InChI=1S/C10H10FIN2O/c1-2-7-10(15)14-9-4-6(12)5(11)3-8(9)13-7/h3-4,7,13H,2H2,1H3,(H,14,15). The maximum absolute atomic E-state index is 13.3. The van der Waals surface area contributed by atoms with E-state index in [1.54, 1.807) is 6.07 Å². The highest BCUT2D eigenvalue weighted by Gasteiger charge is 2.24. The summed E-state index contributed by atoms with van der Waals surface area (Å²) >= 11 is 1.90. The van der Waals surface area contributed by atoms with Gasteiger partial charge in [0, 0.05) is 6.07 Å². The Hall–Kier alpha value is -0.850. The third kappa shape index (κ3) is 1.92. The van der Waals surface area contributed by atoms with Crippen LogP contribution in [0.2, 0.25) is 0 Å². The summed E-state index contributed by atoms with van der Waals surface area (Å²) in [5, 5.41) is 5.77. The van der Waals surface area contributed by atoms with Crippen molar-refractivity contribution in [3.05, 3.63) is 21.5 Å². The molecule has 0 aromatic heterocycles. The number of hydrogen-bond donors (Lipinski definition) is 2. The van der Waals surface area contributed by atoms with Crippen LogP contribution in [0.25, 0.3) is 0 Å². The van der Waals surface area contributed by atoms with Gasteiger partial charge in [-0.05, 0) is 35.1 Å². The average Bonchev–Trinajstić information content (AvgIpc) is 2.20. The maximum atomic E-state index is 13.3. The van der Waals surface area contributed by atoms with Gasteiger partial charge < -0.3 is 10.6 Å². The number of rotatable bonds is 1. The van der Waals surface area contributed by atoms with Crippen molar-refractivity contribution in [2.24, 2.45) is 0 Å². The van der Waals surface area contributed by atoms with Crippen molar-refractivity contribution in [1.82, 2.24) is 0 Å². The van der Waals surface area contributed by atoms with E-state index in [1.165, 1.54) is 6.07 Å². The fraction of sp³-hybridized carbons (Fsp3) is 0.300. The molecule has 1 aromatic rings. The monoisotopic (exact) mass is 320 g/mol. The zero-order valence-corrected chi connectivity index (χ0v) is 10.3. The average molecular weight is 320 g/mol. The predicted molar refractivity (Wildman–Crippen MR) is 65.4 cm³/mol. The Morgan fingerprint density at radius 1 is 1.47 bits per heavy atom. The molecule has 3 nitrogen and oxygen atoms in total. The van der Waals surface area contributed by atoms with E-state index in [1.807, 2.05) is 29.5 Å². The van der Waals surface area contributed by atoms with Gasteiger partial charge in [0.05, 0.1) is 14.9 Å². The molecule has 80 valence electrons. The molecule has 0 bridgehead atoms. The van der Waals surface area contributed by atoms with Crippen molar-refractivity contribution >= 4 is 39.9 Å². The largest absolute Gasteiger partial charge is 0.372 e. The highest BCUT2D eigenvalue weighted by atomic mass is 127. The van der Waals surface area contributed by atoms with E-state index in [9.17, 15) is 9.18 Å². The first-order valence-electron chi connectivity index (χ1n) is 4.68. The SMILES string of the molecule is CCC1Nc2cc(F)c(I)cc2NC1=O. The number of amides is 1. The van der Waals surface area contributed by atoms with Crippen LogP contribution in [0.15, 0.2) is 12.1 Å². The molecule has 5 heteroatoms. The van der Waals surface area contributed by atoms with Crippen molar-refractivity contribution < 1.29 is 9.18 Å². The molecule has 0 radical (unpaired) electrons. The van der Waals surface area contributed by atoms with Gasteiger partial charge in [0.15, 0.2) is 0 Å². The molecular formula is C10H10FIN2O. The Balaban J connectivity index is 2.41. The molecule has 2 rings (SSSR count). The second kappa shape index (κ2) is 3.96. The van der Waals surface area contributed by atoms with Gasteiger partial charge >= 0.3 is 0 Å². The molecule has 0 spiro atoms. The van der Waals surface area contributed by atoms with E-state index in [4.69, 9.17) is 0 Å². The Morgan fingerprint density at radius 3 is 2.87 bits per heavy atom. The zero-order valence-electron chi connectivity index (χ0n) is 8.10. The van der Waals surface area contributed by atoms with Gasteiger partial charge in [0.25, 0.3) is 0 Å². The third-order valence-corrected chi connectivity index (χ3v) is 3.20. The molecule has 15 heavy (non-hydrogen) atoms. The lowest BCUT2D eigenvalue weighted by Crippen LogP contribution is -2.38. The maximum Gasteiger partial charge on any atom is 0.246 e. The topological polar surface area (TPSA) is 41.1 Å². The lowest BCUT2D eigenvalue weighted by atomic mass is 10.1. The van der Waals surface area contributed by atoms with Gasteiger partial charge in [-0.3, -0.25) is 4.79 Å². The first-order valence-corrected chi connectivity index (χ1v) is 5.76. The number of carbonyl (C=O) groups excluding carboxylic acids is 1. The van der Waals surface area contributed by atoms with Gasteiger partial charge in [-0.2, -0.15) is 0 Å². The van der Waals surface area contributed by atoms with Crippen LogP contribution in [0.1, 0.15) is 13.3 Å². The van der Waals surface area contributed by atoms with Crippen molar-refractivity contribution in [3.63, 3.8) is 0 Å². The van der Waals surface area contributed by atoms with Gasteiger partial charge in [-0.15, -0.1) is 0 Å². The normalized spacial score (nSPS) is 19.1. The van der Waals surface area contributed by atoms with Crippen molar-refractivity contribution in [3.8, 4) is 0 Å². The molecular weight excluding hydrogens is 310 g/mol. The summed E-state index contributed by atoms with van der Waals surface area (Å²) in [4.78, 5) is 11.5. The highest BCUT2D eigenvalue weighted by Crippen LogP contribution is 2.30. The number of carbonyl (C=O) groups is 1. The molecule has 1 amide bonds. The number of hydrogen-bond acceptors (Lipinski definition) is 2. The van der Waals surface area contributed by atoms with Crippen molar-refractivity contribution in [2.45, 2.75) is 19.4 Å². The van der Waals surface area contributed by atoms with Crippen LogP contribution < -0.4 is 10.6 Å². The lowest BCUT2D eigenvalue weighted by molar-refractivity contribution is -0.117. The van der Waals surface area contributed by atoms with E-state index in [2.05, 4.69) is 10.6 Å². The Bertz CT molecular complexity index is 422. The van der Waals surface area contributed by atoms with E-state index in [0.29, 0.717) is 21.4 Å². The predicted octanol–water partition coefficient (Wildman–Crippen LogP) is 2.57. The number of halogens is 2. The van der Waals surface area contributed by atoms with Crippen LogP contribution in [-0.2, 0) is 4.79 Å². The van der Waals surface area contributed by atoms with Crippen molar-refractivity contribution in [2.75, 3.05) is 10.6 Å². The first kappa shape index (κ1) is 10.7. The second-order valence-corrected chi connectivity index (χ2v) is 4.57. The van der Waals surface area contributed by atoms with E-state index < -0.39 is 0 Å². The number of nitrogens with one attached hydrogen (secondary N) is 2. The molecule has 1 aliphatic heterocycles. The second-order valence-electron chi connectivity index (χ2n) is 3.41. The van der Waals surface area contributed by atoms with E-state index in [0.717, 1.165) is 0 Å². The summed E-state index contributed by atoms with van der Waals surface area (Å²) in [5.41, 5.74) is 1.30. The molecule has 0 fully saturated rings. The number of fused-ring (bicyclic) bond motifs is 1. The van der Waals surface area contributed by atoms with Crippen LogP contribution in [0, 0.1) is 9.39 Å². The van der Waals surface area contributed by atoms with Crippen LogP contribution in [0.3, 0.4) is 0 Å².